The first-order valence-corrected chi connectivity index (χ1v) is 6.89. The highest BCUT2D eigenvalue weighted by atomic mass is 79.9. The Hall–Kier alpha value is -1.39. The maximum Gasteiger partial charge on any atom is 0.224 e. The number of aromatic nitrogens is 2. The number of nitrogens with one attached hydrogen (secondary N) is 1. The van der Waals surface area contributed by atoms with E-state index in [0.717, 1.165) is 16.8 Å². The number of anilines is 2. The number of halogens is 1. The molecule has 0 amide bonds. The molecule has 0 aliphatic carbocycles. The number of nitrogens with zero attached hydrogens (tertiary/aromatic N) is 4. The molecule has 6 nitrogen and oxygen atoms in total. The van der Waals surface area contributed by atoms with E-state index >= 15 is 0 Å². The molecule has 0 saturated carbocycles. The predicted octanol–water partition coefficient (Wildman–Crippen LogP) is 2.04. The molecule has 0 aliphatic heterocycles. The monoisotopic (exact) mass is 327 g/mol. The third kappa shape index (κ3) is 5.01. The number of methoxy groups -OCH3 is 1. The molecule has 7 heteroatoms. The Labute approximate surface area is 121 Å². The second-order valence-electron chi connectivity index (χ2n) is 3.78. The molecule has 0 radical (unpaired) electrons. The van der Waals surface area contributed by atoms with Crippen molar-refractivity contribution in [2.75, 3.05) is 43.6 Å². The molecule has 0 unspecified atom stereocenters. The lowest BCUT2D eigenvalue weighted by Crippen LogP contribution is -2.29. The van der Waals surface area contributed by atoms with E-state index in [1.807, 2.05) is 11.8 Å². The summed E-state index contributed by atoms with van der Waals surface area (Å²) in [5.41, 5.74) is 0. The molecule has 0 spiro atoms. The zero-order chi connectivity index (χ0) is 14.1. The largest absolute Gasteiger partial charge is 0.383 e. The summed E-state index contributed by atoms with van der Waals surface area (Å²) in [7, 11) is 1.65. The normalized spacial score (nSPS) is 10.0. The van der Waals surface area contributed by atoms with Crippen LogP contribution in [0.15, 0.2) is 10.7 Å². The Bertz CT molecular complexity index is 435. The SMILES string of the molecule is CCNc1ncc(Br)c(N(CCC#N)CCOC)n1. The Morgan fingerprint density at radius 1 is 1.53 bits per heavy atom. The van der Waals surface area contributed by atoms with E-state index in [1.165, 1.54) is 0 Å². The summed E-state index contributed by atoms with van der Waals surface area (Å²) in [6.45, 7) is 4.62. The molecule has 104 valence electrons. The standard InChI is InChI=1S/C12H18BrN5O/c1-3-15-12-16-9-10(13)11(17-12)18(6-4-5-14)7-8-19-2/h9H,3-4,6-8H2,1-2H3,(H,15,16,17). The van der Waals surface area contributed by atoms with Crippen LogP contribution in [0.25, 0.3) is 0 Å². The van der Waals surface area contributed by atoms with Gasteiger partial charge in [0.05, 0.1) is 23.6 Å². The third-order valence-corrected chi connectivity index (χ3v) is 2.98. The van der Waals surface area contributed by atoms with Gasteiger partial charge in [0, 0.05) is 32.9 Å². The highest BCUT2D eigenvalue weighted by molar-refractivity contribution is 9.10. The van der Waals surface area contributed by atoms with Gasteiger partial charge in [-0.15, -0.1) is 0 Å². The van der Waals surface area contributed by atoms with Crippen molar-refractivity contribution in [3.8, 4) is 6.07 Å². The summed E-state index contributed by atoms with van der Waals surface area (Å²) in [4.78, 5) is 10.7. The smallest absolute Gasteiger partial charge is 0.224 e. The second-order valence-corrected chi connectivity index (χ2v) is 4.64. The van der Waals surface area contributed by atoms with Crippen LogP contribution in [0, 0.1) is 11.3 Å². The van der Waals surface area contributed by atoms with Crippen molar-refractivity contribution < 1.29 is 4.74 Å². The quantitative estimate of drug-likeness (QED) is 0.787. The van der Waals surface area contributed by atoms with Gasteiger partial charge in [-0.05, 0) is 22.9 Å². The molecule has 1 heterocycles. The maximum atomic E-state index is 8.73. The summed E-state index contributed by atoms with van der Waals surface area (Å²) in [6.07, 6.45) is 2.16. The van der Waals surface area contributed by atoms with E-state index < -0.39 is 0 Å². The highest BCUT2D eigenvalue weighted by Crippen LogP contribution is 2.24. The van der Waals surface area contributed by atoms with E-state index in [9.17, 15) is 0 Å². The van der Waals surface area contributed by atoms with Gasteiger partial charge in [-0.25, -0.2) is 4.98 Å². The number of hydrogen-bond donors (Lipinski definition) is 1. The molecule has 1 aromatic heterocycles. The van der Waals surface area contributed by atoms with Crippen molar-refractivity contribution in [2.45, 2.75) is 13.3 Å². The van der Waals surface area contributed by atoms with Crippen LogP contribution < -0.4 is 10.2 Å². The van der Waals surface area contributed by atoms with Crippen LogP contribution in [0.2, 0.25) is 0 Å². The van der Waals surface area contributed by atoms with Crippen molar-refractivity contribution in [3.05, 3.63) is 10.7 Å². The summed E-state index contributed by atoms with van der Waals surface area (Å²) < 4.78 is 5.90. The van der Waals surface area contributed by atoms with Gasteiger partial charge < -0.3 is 15.0 Å². The Balaban J connectivity index is 2.91. The van der Waals surface area contributed by atoms with E-state index in [1.54, 1.807) is 13.3 Å². The first kappa shape index (κ1) is 15.7. The molecule has 0 bridgehead atoms. The van der Waals surface area contributed by atoms with E-state index in [-0.39, 0.29) is 0 Å². The third-order valence-electron chi connectivity index (χ3n) is 2.42. The minimum Gasteiger partial charge on any atom is -0.383 e. The highest BCUT2D eigenvalue weighted by Gasteiger charge is 2.13. The summed E-state index contributed by atoms with van der Waals surface area (Å²) in [5.74, 6) is 1.36. The fourth-order valence-corrected chi connectivity index (χ4v) is 1.98. The van der Waals surface area contributed by atoms with Gasteiger partial charge in [-0.2, -0.15) is 10.2 Å². The van der Waals surface area contributed by atoms with Gasteiger partial charge in [0.25, 0.3) is 0 Å². The van der Waals surface area contributed by atoms with Gasteiger partial charge in [-0.3, -0.25) is 0 Å². The molecule has 0 atom stereocenters. The van der Waals surface area contributed by atoms with Crippen LogP contribution in [-0.2, 0) is 4.74 Å². The fourth-order valence-electron chi connectivity index (χ4n) is 1.53. The van der Waals surface area contributed by atoms with Gasteiger partial charge >= 0.3 is 0 Å². The maximum absolute atomic E-state index is 8.73. The van der Waals surface area contributed by atoms with Crippen molar-refractivity contribution in [3.63, 3.8) is 0 Å². The van der Waals surface area contributed by atoms with Crippen LogP contribution in [0.3, 0.4) is 0 Å². The zero-order valence-electron chi connectivity index (χ0n) is 11.2. The number of nitriles is 1. The minimum atomic E-state index is 0.441. The van der Waals surface area contributed by atoms with Crippen molar-refractivity contribution in [1.29, 1.82) is 5.26 Å². The fraction of sp³-hybridized carbons (Fsp3) is 0.583. The molecule has 0 fully saturated rings. The first-order chi connectivity index (χ1) is 9.22. The Morgan fingerprint density at radius 3 is 2.95 bits per heavy atom. The summed E-state index contributed by atoms with van der Waals surface area (Å²) in [6, 6.07) is 2.15. The number of hydrogen-bond acceptors (Lipinski definition) is 6. The number of ether oxygens (including phenoxy) is 1. The molecule has 0 aliphatic rings. The average Bonchev–Trinajstić information content (AvgIpc) is 2.42. The van der Waals surface area contributed by atoms with Crippen LogP contribution in [0.4, 0.5) is 11.8 Å². The van der Waals surface area contributed by atoms with Crippen molar-refractivity contribution >= 4 is 27.7 Å². The van der Waals surface area contributed by atoms with Crippen molar-refractivity contribution in [2.24, 2.45) is 0 Å². The Kier molecular flexibility index (Phi) is 7.15. The first-order valence-electron chi connectivity index (χ1n) is 6.10. The van der Waals surface area contributed by atoms with E-state index in [4.69, 9.17) is 10.00 Å². The molecule has 1 aromatic rings. The van der Waals surface area contributed by atoms with Gasteiger partial charge in [0.15, 0.2) is 0 Å². The van der Waals surface area contributed by atoms with E-state index in [0.29, 0.717) is 32.1 Å². The predicted molar refractivity (Wildman–Crippen MR) is 78.2 cm³/mol. The van der Waals surface area contributed by atoms with Crippen LogP contribution in [-0.4, -0.2) is 43.3 Å². The lowest BCUT2D eigenvalue weighted by molar-refractivity contribution is 0.205. The zero-order valence-corrected chi connectivity index (χ0v) is 12.8. The average molecular weight is 328 g/mol. The molecule has 0 aromatic carbocycles. The molecule has 19 heavy (non-hydrogen) atoms. The molecular weight excluding hydrogens is 310 g/mol. The van der Waals surface area contributed by atoms with Gasteiger partial charge in [0.2, 0.25) is 5.95 Å². The van der Waals surface area contributed by atoms with Crippen molar-refractivity contribution in [1.82, 2.24) is 9.97 Å². The van der Waals surface area contributed by atoms with Gasteiger partial charge in [0.1, 0.15) is 5.82 Å². The second kappa shape index (κ2) is 8.67. The van der Waals surface area contributed by atoms with Gasteiger partial charge in [-0.1, -0.05) is 0 Å². The minimum absolute atomic E-state index is 0.441. The lowest BCUT2D eigenvalue weighted by atomic mass is 10.4. The summed E-state index contributed by atoms with van der Waals surface area (Å²) in [5, 5.41) is 11.8. The van der Waals surface area contributed by atoms with Crippen LogP contribution in [0.1, 0.15) is 13.3 Å². The molecular formula is C12H18BrN5O. The topological polar surface area (TPSA) is 74.1 Å². The molecule has 1 N–H and O–H groups in total. The van der Waals surface area contributed by atoms with Crippen LogP contribution >= 0.6 is 15.9 Å². The summed E-state index contributed by atoms with van der Waals surface area (Å²) >= 11 is 3.45. The molecule has 0 saturated heterocycles. The lowest BCUT2D eigenvalue weighted by Gasteiger charge is -2.23. The van der Waals surface area contributed by atoms with Crippen LogP contribution in [0.5, 0.6) is 0 Å². The number of rotatable bonds is 8. The Morgan fingerprint density at radius 2 is 2.32 bits per heavy atom. The van der Waals surface area contributed by atoms with E-state index in [2.05, 4.69) is 37.3 Å². The molecule has 1 rings (SSSR count).